The first-order valence-corrected chi connectivity index (χ1v) is 15.1. The van der Waals surface area contributed by atoms with E-state index >= 15 is 0 Å². The molecule has 0 amide bonds. The maximum absolute atomic E-state index is 6.26. The molecule has 0 radical (unpaired) electrons. The van der Waals surface area contributed by atoms with E-state index in [9.17, 15) is 0 Å². The van der Waals surface area contributed by atoms with Crippen molar-refractivity contribution in [1.29, 1.82) is 0 Å². The summed E-state index contributed by atoms with van der Waals surface area (Å²) in [5, 5.41) is 3.00. The maximum atomic E-state index is 6.26. The van der Waals surface area contributed by atoms with E-state index in [0.29, 0.717) is 5.92 Å². The molecule has 0 bridgehead atoms. The molecule has 0 aliphatic rings. The summed E-state index contributed by atoms with van der Waals surface area (Å²) in [4.78, 5) is 0. The van der Waals surface area contributed by atoms with E-state index in [4.69, 9.17) is 4.74 Å². The molecule has 0 aromatic heterocycles. The summed E-state index contributed by atoms with van der Waals surface area (Å²) in [5.41, 5.74) is 3.52. The van der Waals surface area contributed by atoms with E-state index in [2.05, 4.69) is 143 Å². The molecule has 168 valence electrons. The van der Waals surface area contributed by atoms with Gasteiger partial charge in [0, 0.05) is 4.47 Å². The van der Waals surface area contributed by atoms with Gasteiger partial charge in [0.15, 0.2) is 0 Å². The van der Waals surface area contributed by atoms with Gasteiger partial charge in [0.25, 0.3) is 0 Å². The van der Waals surface area contributed by atoms with Crippen molar-refractivity contribution in [3.05, 3.63) is 99.7 Å². The fourth-order valence-electron chi connectivity index (χ4n) is 4.51. The van der Waals surface area contributed by atoms with Gasteiger partial charge >= 0.3 is 0 Å². The van der Waals surface area contributed by atoms with Crippen LogP contribution < -0.4 is 9.92 Å². The smallest absolute Gasteiger partial charge is 0.120 e. The van der Waals surface area contributed by atoms with Crippen molar-refractivity contribution >= 4 is 34.8 Å². The summed E-state index contributed by atoms with van der Waals surface area (Å²) in [6.07, 6.45) is 0. The van der Waals surface area contributed by atoms with Crippen molar-refractivity contribution in [2.45, 2.75) is 53.3 Å². The minimum Gasteiger partial charge on any atom is -0.488 e. The number of allylic oxidation sites excluding steroid dienone is 1. The van der Waals surface area contributed by atoms with Gasteiger partial charge in [-0.1, -0.05) is 114 Å². The molecule has 0 aliphatic carbocycles. The van der Waals surface area contributed by atoms with E-state index in [1.807, 2.05) is 0 Å². The highest BCUT2D eigenvalue weighted by molar-refractivity contribution is 9.10. The van der Waals surface area contributed by atoms with Gasteiger partial charge in [-0.25, -0.2) is 0 Å². The second-order valence-electron chi connectivity index (χ2n) is 10.2. The molecule has 0 fully saturated rings. The van der Waals surface area contributed by atoms with Crippen LogP contribution in [0.4, 0.5) is 0 Å². The van der Waals surface area contributed by atoms with E-state index in [1.54, 1.807) is 5.20 Å². The second kappa shape index (κ2) is 9.80. The van der Waals surface area contributed by atoms with Crippen LogP contribution >= 0.6 is 15.9 Å². The van der Waals surface area contributed by atoms with E-state index < -0.39 is 8.07 Å². The lowest BCUT2D eigenvalue weighted by Crippen LogP contribution is -2.46. The fraction of sp³-hybridized carbons (Fsp3) is 0.310. The molecule has 1 nitrogen and oxygen atoms in total. The summed E-state index contributed by atoms with van der Waals surface area (Å²) in [5.74, 6) is 1.30. The SMILES string of the molecule is CC(C)/C(=C(\c1ccccc1)c1cc(OC(C)(C)C)ccc1Br)[Si](C)(C)c1ccccc1. The summed E-state index contributed by atoms with van der Waals surface area (Å²) in [7, 11) is -1.97. The van der Waals surface area contributed by atoms with Crippen molar-refractivity contribution < 1.29 is 4.74 Å². The Morgan fingerprint density at radius 2 is 1.41 bits per heavy atom. The van der Waals surface area contributed by atoms with E-state index in [1.165, 1.54) is 21.9 Å². The van der Waals surface area contributed by atoms with Crippen molar-refractivity contribution in [2.24, 2.45) is 5.92 Å². The number of hydrogen-bond donors (Lipinski definition) is 0. The van der Waals surface area contributed by atoms with Gasteiger partial charge in [-0.2, -0.15) is 0 Å². The van der Waals surface area contributed by atoms with Crippen LogP contribution in [0.3, 0.4) is 0 Å². The van der Waals surface area contributed by atoms with Crippen molar-refractivity contribution in [3.63, 3.8) is 0 Å². The summed E-state index contributed by atoms with van der Waals surface area (Å²) >= 11 is 3.87. The normalized spacial score (nSPS) is 13.2. The highest BCUT2D eigenvalue weighted by Gasteiger charge is 2.34. The zero-order chi connectivity index (χ0) is 23.5. The Bertz CT molecular complexity index is 1080. The third kappa shape index (κ3) is 5.63. The highest BCUT2D eigenvalue weighted by Crippen LogP contribution is 2.40. The zero-order valence-electron chi connectivity index (χ0n) is 20.4. The van der Waals surface area contributed by atoms with Crippen LogP contribution in [0.5, 0.6) is 5.75 Å². The Balaban J connectivity index is 2.36. The number of hydrogen-bond acceptors (Lipinski definition) is 1. The molecular weight excluding hydrogens is 472 g/mol. The number of ether oxygens (including phenoxy) is 1. The molecule has 3 aromatic carbocycles. The number of halogens is 1. The zero-order valence-corrected chi connectivity index (χ0v) is 23.0. The van der Waals surface area contributed by atoms with Crippen molar-refractivity contribution in [1.82, 2.24) is 0 Å². The van der Waals surface area contributed by atoms with Gasteiger partial charge < -0.3 is 4.74 Å². The van der Waals surface area contributed by atoms with Gasteiger partial charge in [-0.15, -0.1) is 0 Å². The summed E-state index contributed by atoms with van der Waals surface area (Å²) in [6.45, 7) is 15.9. The molecule has 0 N–H and O–H groups in total. The summed E-state index contributed by atoms with van der Waals surface area (Å²) < 4.78 is 7.35. The van der Waals surface area contributed by atoms with Crippen molar-refractivity contribution in [3.8, 4) is 5.75 Å². The molecule has 0 saturated heterocycles. The van der Waals surface area contributed by atoms with Crippen LogP contribution in [0.25, 0.3) is 5.57 Å². The average molecular weight is 508 g/mol. The predicted molar refractivity (Wildman–Crippen MR) is 145 cm³/mol. The van der Waals surface area contributed by atoms with Crippen LogP contribution in [0.1, 0.15) is 45.7 Å². The number of rotatable bonds is 6. The molecule has 3 aromatic rings. The average Bonchev–Trinajstić information content (AvgIpc) is 2.73. The first-order chi connectivity index (χ1) is 15.0. The third-order valence-corrected chi connectivity index (χ3v) is 10.4. The fourth-order valence-corrected chi connectivity index (χ4v) is 8.64. The van der Waals surface area contributed by atoms with Crippen LogP contribution in [0.15, 0.2) is 88.5 Å². The molecule has 0 spiro atoms. The van der Waals surface area contributed by atoms with Gasteiger partial charge in [-0.3, -0.25) is 0 Å². The minimum atomic E-state index is -1.97. The van der Waals surface area contributed by atoms with E-state index in [-0.39, 0.29) is 5.60 Å². The molecule has 0 aliphatic heterocycles. The Kier molecular flexibility index (Phi) is 7.52. The molecule has 32 heavy (non-hydrogen) atoms. The molecule has 0 saturated carbocycles. The second-order valence-corrected chi connectivity index (χ2v) is 15.4. The van der Waals surface area contributed by atoms with Crippen LogP contribution in [0.2, 0.25) is 13.1 Å². The van der Waals surface area contributed by atoms with Gasteiger partial charge in [0.05, 0.1) is 0 Å². The number of benzene rings is 3. The van der Waals surface area contributed by atoms with Gasteiger partial charge in [0.1, 0.15) is 19.4 Å². The molecule has 3 rings (SSSR count). The van der Waals surface area contributed by atoms with Crippen LogP contribution in [-0.2, 0) is 0 Å². The van der Waals surface area contributed by atoms with Crippen LogP contribution in [0, 0.1) is 5.92 Å². The Hall–Kier alpha value is -2.10. The van der Waals surface area contributed by atoms with Gasteiger partial charge in [0.2, 0.25) is 0 Å². The molecular formula is C29H35BrOSi. The molecule has 3 heteroatoms. The van der Waals surface area contributed by atoms with Gasteiger partial charge in [-0.05, 0) is 61.6 Å². The minimum absolute atomic E-state index is 0.249. The Morgan fingerprint density at radius 3 is 1.94 bits per heavy atom. The maximum Gasteiger partial charge on any atom is 0.120 e. The van der Waals surface area contributed by atoms with E-state index in [0.717, 1.165) is 10.2 Å². The summed E-state index contributed by atoms with van der Waals surface area (Å²) in [6, 6.07) is 28.2. The predicted octanol–water partition coefficient (Wildman–Crippen LogP) is 8.24. The lowest BCUT2D eigenvalue weighted by atomic mass is 9.94. The molecule has 0 unspecified atom stereocenters. The molecule has 0 heterocycles. The highest BCUT2D eigenvalue weighted by atomic mass is 79.9. The largest absolute Gasteiger partial charge is 0.488 e. The monoisotopic (exact) mass is 506 g/mol. The quantitative estimate of drug-likeness (QED) is 0.305. The van der Waals surface area contributed by atoms with Crippen LogP contribution in [-0.4, -0.2) is 13.7 Å². The first-order valence-electron chi connectivity index (χ1n) is 11.4. The Morgan fingerprint density at radius 1 is 0.844 bits per heavy atom. The third-order valence-electron chi connectivity index (χ3n) is 5.71. The Labute approximate surface area is 203 Å². The topological polar surface area (TPSA) is 9.23 Å². The molecule has 0 atom stereocenters. The van der Waals surface area contributed by atoms with Crippen molar-refractivity contribution in [2.75, 3.05) is 0 Å². The lowest BCUT2D eigenvalue weighted by Gasteiger charge is -2.33. The lowest BCUT2D eigenvalue weighted by molar-refractivity contribution is 0.131. The standard InChI is InChI=1S/C29H35BrOSi/c1-21(2)28(32(6,7)24-16-12-9-13-17-24)27(22-14-10-8-11-15-22)25-20-23(18-19-26(25)30)31-29(3,4)5/h8-21H,1-7H3/b28-27-. The first kappa shape index (κ1) is 24.5.